The van der Waals surface area contributed by atoms with Gasteiger partial charge in [0.1, 0.15) is 17.7 Å². The van der Waals surface area contributed by atoms with E-state index >= 15 is 0 Å². The number of rotatable bonds is 9. The summed E-state index contributed by atoms with van der Waals surface area (Å²) in [6, 6.07) is 20.2. The normalized spacial score (nSPS) is 15.6. The van der Waals surface area contributed by atoms with E-state index in [1.54, 1.807) is 12.1 Å². The van der Waals surface area contributed by atoms with Crippen LogP contribution in [0.3, 0.4) is 0 Å². The highest BCUT2D eigenvalue weighted by molar-refractivity contribution is 8.14. The molecule has 204 valence electrons. The Labute approximate surface area is 235 Å². The van der Waals surface area contributed by atoms with Gasteiger partial charge in [0, 0.05) is 24.2 Å². The van der Waals surface area contributed by atoms with E-state index in [0.717, 1.165) is 17.5 Å². The average molecular weight is 558 g/mol. The van der Waals surface area contributed by atoms with Crippen molar-refractivity contribution in [3.63, 3.8) is 0 Å². The van der Waals surface area contributed by atoms with Gasteiger partial charge in [-0.1, -0.05) is 55.1 Å². The maximum absolute atomic E-state index is 13.4. The van der Waals surface area contributed by atoms with Crippen LogP contribution in [0, 0.1) is 5.82 Å². The lowest BCUT2D eigenvalue weighted by molar-refractivity contribution is -0.125. The second kappa shape index (κ2) is 12.3. The maximum Gasteiger partial charge on any atom is 0.259 e. The number of amidine groups is 2. The molecule has 5 rings (SSSR count). The van der Waals surface area contributed by atoms with Gasteiger partial charge in [0.25, 0.3) is 5.91 Å². The molecule has 0 fully saturated rings. The number of fused-ring (bicyclic) bond motifs is 3. The minimum Gasteiger partial charge on any atom is -0.352 e. The molecule has 0 spiro atoms. The first-order valence-corrected chi connectivity index (χ1v) is 14.0. The van der Waals surface area contributed by atoms with Gasteiger partial charge in [-0.05, 0) is 60.4 Å². The molecule has 2 heterocycles. The molecule has 0 unspecified atom stereocenters. The van der Waals surface area contributed by atoms with Gasteiger partial charge in [-0.25, -0.2) is 14.3 Å². The molecule has 3 aromatic carbocycles. The molecule has 2 N–H and O–H groups in total. The molecule has 0 radical (unpaired) electrons. The van der Waals surface area contributed by atoms with Gasteiger partial charge >= 0.3 is 0 Å². The number of anilines is 1. The first-order valence-electron chi connectivity index (χ1n) is 13.0. The molecule has 8 nitrogen and oxygen atoms in total. The van der Waals surface area contributed by atoms with Crippen LogP contribution in [0.1, 0.15) is 36.5 Å². The Morgan fingerprint density at radius 3 is 2.45 bits per heavy atom. The zero-order chi connectivity index (χ0) is 28.1. The van der Waals surface area contributed by atoms with Crippen molar-refractivity contribution < 1.29 is 18.8 Å². The molecule has 1 atom stereocenters. The highest BCUT2D eigenvalue weighted by Gasteiger charge is 2.41. The molecule has 2 aliphatic rings. The number of aryl methyl sites for hydroxylation is 1. The van der Waals surface area contributed by atoms with Crippen molar-refractivity contribution in [1.82, 2.24) is 10.2 Å². The summed E-state index contributed by atoms with van der Waals surface area (Å²) in [5.41, 5.74) is 4.06. The predicted octanol–water partition coefficient (Wildman–Crippen LogP) is 4.82. The van der Waals surface area contributed by atoms with E-state index in [2.05, 4.69) is 27.5 Å². The molecule has 0 bridgehead atoms. The number of nitrogens with zero attached hydrogens (tertiary/aromatic N) is 3. The van der Waals surface area contributed by atoms with Crippen molar-refractivity contribution in [2.75, 3.05) is 11.1 Å². The van der Waals surface area contributed by atoms with E-state index in [0.29, 0.717) is 22.4 Å². The Bertz CT molecular complexity index is 1490. The van der Waals surface area contributed by atoms with Crippen molar-refractivity contribution >= 4 is 51.9 Å². The standard InChI is InChI=1S/C30H28FN5O3S/c1-2-19-9-13-22(14-10-19)33-27(38)18-40-30-35-24-6-4-3-5-23(24)28-34-25(29(39)36(28)30)15-16-26(37)32-17-20-7-11-21(31)12-8-20/h3-14,25H,2,15-18H2,1H3,(H,32,37)(H,33,38)/t25-/m1/s1. The van der Waals surface area contributed by atoms with Crippen LogP contribution in [0.15, 0.2) is 82.8 Å². The largest absolute Gasteiger partial charge is 0.352 e. The summed E-state index contributed by atoms with van der Waals surface area (Å²) in [5.74, 6) is -0.521. The molecule has 10 heteroatoms. The second-order valence-corrected chi connectivity index (χ2v) is 10.3. The number of hydrogen-bond acceptors (Lipinski definition) is 6. The third kappa shape index (κ3) is 6.28. The molecular weight excluding hydrogens is 529 g/mol. The van der Waals surface area contributed by atoms with Crippen LogP contribution in [-0.4, -0.2) is 45.4 Å². The summed E-state index contributed by atoms with van der Waals surface area (Å²) in [6.45, 7) is 2.34. The second-order valence-electron chi connectivity index (χ2n) is 9.38. The minimum absolute atomic E-state index is 0.0596. The van der Waals surface area contributed by atoms with E-state index in [9.17, 15) is 18.8 Å². The fraction of sp³-hybridized carbons (Fsp3) is 0.233. The van der Waals surface area contributed by atoms with Gasteiger partial charge < -0.3 is 10.6 Å². The van der Waals surface area contributed by atoms with Gasteiger partial charge in [0.15, 0.2) is 5.17 Å². The molecule has 40 heavy (non-hydrogen) atoms. The summed E-state index contributed by atoms with van der Waals surface area (Å²) >= 11 is 1.17. The van der Waals surface area contributed by atoms with Gasteiger partial charge in [-0.15, -0.1) is 0 Å². The van der Waals surface area contributed by atoms with Gasteiger partial charge in [0.2, 0.25) is 11.8 Å². The molecular formula is C30H28FN5O3S. The Kier molecular flexibility index (Phi) is 8.35. The van der Waals surface area contributed by atoms with Crippen LogP contribution >= 0.6 is 11.8 Å². The number of halogens is 1. The maximum atomic E-state index is 13.4. The quantitative estimate of drug-likeness (QED) is 0.394. The Morgan fingerprint density at radius 2 is 1.70 bits per heavy atom. The number of thioether (sulfide) groups is 1. The smallest absolute Gasteiger partial charge is 0.259 e. The van der Waals surface area contributed by atoms with Crippen LogP contribution in [-0.2, 0) is 27.3 Å². The summed E-state index contributed by atoms with van der Waals surface area (Å²) in [6.07, 6.45) is 1.24. The number of benzene rings is 3. The van der Waals surface area contributed by atoms with E-state index in [4.69, 9.17) is 0 Å². The molecule has 0 saturated carbocycles. The van der Waals surface area contributed by atoms with Crippen LogP contribution in [0.2, 0.25) is 0 Å². The van der Waals surface area contributed by atoms with Crippen molar-refractivity contribution in [3.8, 4) is 0 Å². The van der Waals surface area contributed by atoms with Crippen molar-refractivity contribution in [3.05, 3.63) is 95.3 Å². The number of nitrogens with one attached hydrogen (secondary N) is 2. The highest BCUT2D eigenvalue weighted by Crippen LogP contribution is 2.34. The van der Waals surface area contributed by atoms with Gasteiger partial charge in [-0.2, -0.15) is 0 Å². The zero-order valence-electron chi connectivity index (χ0n) is 21.9. The van der Waals surface area contributed by atoms with Crippen LogP contribution in [0.4, 0.5) is 15.8 Å². The number of carbonyl (C=O) groups excluding carboxylic acids is 3. The van der Waals surface area contributed by atoms with Crippen molar-refractivity contribution in [2.24, 2.45) is 9.98 Å². The minimum atomic E-state index is -0.741. The lowest BCUT2D eigenvalue weighted by Gasteiger charge is -2.25. The van der Waals surface area contributed by atoms with E-state index < -0.39 is 6.04 Å². The third-order valence-electron chi connectivity index (χ3n) is 6.57. The lowest BCUT2D eigenvalue weighted by Crippen LogP contribution is -2.41. The fourth-order valence-electron chi connectivity index (χ4n) is 4.40. The molecule has 0 aromatic heterocycles. The fourth-order valence-corrected chi connectivity index (χ4v) is 5.20. The first kappa shape index (κ1) is 27.3. The van der Waals surface area contributed by atoms with Gasteiger partial charge in [-0.3, -0.25) is 19.4 Å². The van der Waals surface area contributed by atoms with E-state index in [1.807, 2.05) is 48.5 Å². The number of aliphatic imine (C=N–C) groups is 2. The molecule has 3 aromatic rings. The summed E-state index contributed by atoms with van der Waals surface area (Å²) in [4.78, 5) is 49.3. The molecule has 0 saturated heterocycles. The number of amides is 3. The van der Waals surface area contributed by atoms with Gasteiger partial charge in [0.05, 0.1) is 11.4 Å². The zero-order valence-corrected chi connectivity index (χ0v) is 22.7. The van der Waals surface area contributed by atoms with Crippen molar-refractivity contribution in [2.45, 2.75) is 38.8 Å². The Hall–Kier alpha value is -4.31. The number of hydrogen-bond donors (Lipinski definition) is 2. The van der Waals surface area contributed by atoms with E-state index in [1.165, 1.54) is 34.4 Å². The van der Waals surface area contributed by atoms with Crippen LogP contribution in [0.25, 0.3) is 0 Å². The lowest BCUT2D eigenvalue weighted by atomic mass is 10.1. The first-order chi connectivity index (χ1) is 19.4. The summed E-state index contributed by atoms with van der Waals surface area (Å²) in [5, 5.41) is 6.05. The predicted molar refractivity (Wildman–Crippen MR) is 155 cm³/mol. The Morgan fingerprint density at radius 1 is 0.975 bits per heavy atom. The summed E-state index contributed by atoms with van der Waals surface area (Å²) < 4.78 is 13.1. The van der Waals surface area contributed by atoms with Crippen LogP contribution < -0.4 is 10.6 Å². The topological polar surface area (TPSA) is 103 Å². The number of para-hydroxylation sites is 1. The molecule has 3 amide bonds. The van der Waals surface area contributed by atoms with E-state index in [-0.39, 0.29) is 48.7 Å². The molecule has 2 aliphatic heterocycles. The highest BCUT2D eigenvalue weighted by atomic mass is 32.2. The summed E-state index contributed by atoms with van der Waals surface area (Å²) in [7, 11) is 0. The monoisotopic (exact) mass is 557 g/mol. The average Bonchev–Trinajstić information content (AvgIpc) is 3.31. The number of carbonyl (C=O) groups is 3. The van der Waals surface area contributed by atoms with Crippen LogP contribution in [0.5, 0.6) is 0 Å². The Balaban J connectivity index is 1.22. The SMILES string of the molecule is CCc1ccc(NC(=O)CSC2=Nc3ccccc3C3=N[C@H](CCC(=O)NCc4ccc(F)cc4)C(=O)N23)cc1. The van der Waals surface area contributed by atoms with Crippen molar-refractivity contribution in [1.29, 1.82) is 0 Å². The third-order valence-corrected chi connectivity index (χ3v) is 7.51. The molecule has 0 aliphatic carbocycles.